The molecule has 9 aromatic carbocycles. The van der Waals surface area contributed by atoms with Crippen LogP contribution < -0.4 is 4.90 Å². The van der Waals surface area contributed by atoms with Crippen LogP contribution in [0.1, 0.15) is 42.5 Å². The quantitative estimate of drug-likeness (QED) is 0.167. The van der Waals surface area contributed by atoms with Gasteiger partial charge in [0.15, 0.2) is 0 Å². The van der Waals surface area contributed by atoms with Gasteiger partial charge in [0.1, 0.15) is 0 Å². The molecule has 332 valence electrons. The van der Waals surface area contributed by atoms with E-state index in [1.807, 2.05) is 0 Å². The van der Waals surface area contributed by atoms with Gasteiger partial charge in [0.25, 0.3) is 0 Å². The molecule has 11 aromatic rings. The summed E-state index contributed by atoms with van der Waals surface area (Å²) < 4.78 is 2.25. The number of allylic oxidation sites excluding steroid dienone is 3. The number of rotatable bonds is 6. The van der Waals surface area contributed by atoms with Gasteiger partial charge in [-0.05, 0) is 111 Å². The Labute approximate surface area is 407 Å². The zero-order valence-electron chi connectivity index (χ0n) is 39.1. The normalized spacial score (nSPS) is 19.1. The van der Waals surface area contributed by atoms with Gasteiger partial charge in [0, 0.05) is 43.9 Å². The molecule has 0 amide bonds. The smallest absolute Gasteiger partial charge is 0.235 e. The summed E-state index contributed by atoms with van der Waals surface area (Å²) in [5.41, 5.74) is 17.3. The SMILES string of the molecule is CC1(c2ccc3ccccc3c2)C=CC(N2c3ccc(-c4ccc5c(c4)c4ccccc4n5-c4nc(-c5ccc(-c6ccccc6)cc5)c5ccccc5n4)cc3C3(C)c4ccccc4C=CC23)=CC1. The summed E-state index contributed by atoms with van der Waals surface area (Å²) in [5.74, 6) is 0.657. The van der Waals surface area contributed by atoms with E-state index in [2.05, 4.69) is 260 Å². The number of aromatic nitrogens is 3. The second kappa shape index (κ2) is 15.5. The fourth-order valence-corrected chi connectivity index (χ4v) is 12.0. The molecule has 3 heterocycles. The standard InChI is InChI=1S/C66H48N4/c1-65(51-32-28-44-16-6-7-18-48(44)40-51)38-36-52(37-39-65)69-61-34-30-50(42-57(61)66(2)56-21-11-8-17-46(56)31-35-62(66)69)49-29-33-60-55(41-49)53-19-10-13-23-59(53)70(60)64-67-58-22-12-9-20-54(58)63(68-64)47-26-24-45(25-27-47)43-14-4-3-5-15-43/h3-38,40-42,62H,39H2,1-2H3. The molecule has 0 radical (unpaired) electrons. The van der Waals surface area contributed by atoms with Gasteiger partial charge in [-0.25, -0.2) is 9.97 Å². The van der Waals surface area contributed by atoms with E-state index in [1.165, 1.54) is 77.4 Å². The Bertz CT molecular complexity index is 4020. The van der Waals surface area contributed by atoms with Crippen LogP contribution in [0.2, 0.25) is 0 Å². The third-order valence-electron chi connectivity index (χ3n) is 15.8. The van der Waals surface area contributed by atoms with E-state index < -0.39 is 0 Å². The van der Waals surface area contributed by atoms with Crippen LogP contribution in [0.25, 0.3) is 89.0 Å². The predicted octanol–water partition coefficient (Wildman–Crippen LogP) is 16.2. The lowest BCUT2D eigenvalue weighted by Crippen LogP contribution is -2.44. The topological polar surface area (TPSA) is 34.0 Å². The number of anilines is 1. The third kappa shape index (κ3) is 6.16. The summed E-state index contributed by atoms with van der Waals surface area (Å²) in [5, 5.41) is 5.93. The van der Waals surface area contributed by atoms with Gasteiger partial charge >= 0.3 is 0 Å². The first-order valence-electron chi connectivity index (χ1n) is 24.5. The van der Waals surface area contributed by atoms with Crippen molar-refractivity contribution in [3.63, 3.8) is 0 Å². The minimum absolute atomic E-state index is 0.0994. The molecule has 14 rings (SSSR count). The Kier molecular flexibility index (Phi) is 8.94. The first kappa shape index (κ1) is 40.5. The van der Waals surface area contributed by atoms with Crippen molar-refractivity contribution in [3.8, 4) is 39.5 Å². The van der Waals surface area contributed by atoms with E-state index in [-0.39, 0.29) is 16.9 Å². The van der Waals surface area contributed by atoms with Crippen molar-refractivity contribution >= 4 is 55.2 Å². The molecule has 3 unspecified atom stereocenters. The molecular weight excluding hydrogens is 849 g/mol. The zero-order chi connectivity index (χ0) is 46.6. The highest BCUT2D eigenvalue weighted by atomic mass is 15.2. The second-order valence-electron chi connectivity index (χ2n) is 19.8. The van der Waals surface area contributed by atoms with Gasteiger partial charge in [-0.15, -0.1) is 0 Å². The van der Waals surface area contributed by atoms with Crippen molar-refractivity contribution < 1.29 is 0 Å². The van der Waals surface area contributed by atoms with Crippen LogP contribution in [0.4, 0.5) is 5.69 Å². The fourth-order valence-electron chi connectivity index (χ4n) is 12.0. The summed E-state index contributed by atoms with van der Waals surface area (Å²) in [6.45, 7) is 4.83. The van der Waals surface area contributed by atoms with Crippen LogP contribution in [0, 0.1) is 0 Å². The van der Waals surface area contributed by atoms with Crippen molar-refractivity contribution in [2.24, 2.45) is 0 Å². The lowest BCUT2D eigenvalue weighted by atomic mass is 9.68. The first-order valence-corrected chi connectivity index (χ1v) is 24.5. The van der Waals surface area contributed by atoms with Gasteiger partial charge in [-0.1, -0.05) is 201 Å². The van der Waals surface area contributed by atoms with Crippen LogP contribution in [-0.4, -0.2) is 20.6 Å². The second-order valence-corrected chi connectivity index (χ2v) is 19.8. The molecule has 0 N–H and O–H groups in total. The van der Waals surface area contributed by atoms with Crippen LogP contribution in [0.15, 0.2) is 236 Å². The molecule has 3 aliphatic rings. The number of hydrogen-bond donors (Lipinski definition) is 0. The number of nitrogens with zero attached hydrogens (tertiary/aromatic N) is 4. The first-order chi connectivity index (χ1) is 34.4. The molecule has 0 saturated carbocycles. The van der Waals surface area contributed by atoms with E-state index in [1.54, 1.807) is 0 Å². The molecule has 70 heavy (non-hydrogen) atoms. The van der Waals surface area contributed by atoms with Crippen molar-refractivity contribution in [3.05, 3.63) is 259 Å². The molecule has 0 bridgehead atoms. The zero-order valence-corrected chi connectivity index (χ0v) is 39.1. The molecule has 0 saturated heterocycles. The van der Waals surface area contributed by atoms with Crippen LogP contribution >= 0.6 is 0 Å². The molecule has 2 aromatic heterocycles. The molecule has 0 spiro atoms. The largest absolute Gasteiger partial charge is 0.333 e. The van der Waals surface area contributed by atoms with E-state index in [0.29, 0.717) is 5.95 Å². The summed E-state index contributed by atoms with van der Waals surface area (Å²) in [6.07, 6.45) is 13.0. The summed E-state index contributed by atoms with van der Waals surface area (Å²) >= 11 is 0. The van der Waals surface area contributed by atoms with Gasteiger partial charge in [-0.2, -0.15) is 0 Å². The van der Waals surface area contributed by atoms with Crippen LogP contribution in [0.3, 0.4) is 0 Å². The van der Waals surface area contributed by atoms with E-state index >= 15 is 0 Å². The maximum Gasteiger partial charge on any atom is 0.235 e. The molecular formula is C66H48N4. The van der Waals surface area contributed by atoms with Crippen molar-refractivity contribution in [1.29, 1.82) is 0 Å². The van der Waals surface area contributed by atoms with Gasteiger partial charge in [0.05, 0.1) is 28.3 Å². The van der Waals surface area contributed by atoms with Gasteiger partial charge < -0.3 is 4.90 Å². The highest BCUT2D eigenvalue weighted by molar-refractivity contribution is 6.10. The highest BCUT2D eigenvalue weighted by Crippen LogP contribution is 2.55. The number of fused-ring (bicyclic) bond motifs is 10. The minimum Gasteiger partial charge on any atom is -0.333 e. The highest BCUT2D eigenvalue weighted by Gasteiger charge is 2.51. The Balaban J connectivity index is 0.869. The summed E-state index contributed by atoms with van der Waals surface area (Å²) in [4.78, 5) is 13.3. The Hall–Kier alpha value is -8.60. The fraction of sp³-hybridized carbons (Fsp3) is 0.0909. The Morgan fingerprint density at radius 1 is 0.500 bits per heavy atom. The molecule has 2 aliphatic carbocycles. The van der Waals surface area contributed by atoms with Crippen molar-refractivity contribution in [2.45, 2.75) is 37.1 Å². The van der Waals surface area contributed by atoms with E-state index in [9.17, 15) is 0 Å². The molecule has 3 atom stereocenters. The third-order valence-corrected chi connectivity index (χ3v) is 15.8. The molecule has 1 aliphatic heterocycles. The lowest BCUT2D eigenvalue weighted by molar-refractivity contribution is 0.521. The minimum atomic E-state index is -0.280. The van der Waals surface area contributed by atoms with Gasteiger partial charge in [0.2, 0.25) is 5.95 Å². The summed E-state index contributed by atoms with van der Waals surface area (Å²) in [7, 11) is 0. The summed E-state index contributed by atoms with van der Waals surface area (Å²) in [6, 6.07) is 75.1. The van der Waals surface area contributed by atoms with Crippen molar-refractivity contribution in [2.75, 3.05) is 4.90 Å². The van der Waals surface area contributed by atoms with Crippen LogP contribution in [0.5, 0.6) is 0 Å². The monoisotopic (exact) mass is 896 g/mol. The van der Waals surface area contributed by atoms with E-state index in [4.69, 9.17) is 9.97 Å². The van der Waals surface area contributed by atoms with Gasteiger partial charge in [-0.3, -0.25) is 4.57 Å². The predicted molar refractivity (Wildman–Crippen MR) is 292 cm³/mol. The Morgan fingerprint density at radius 3 is 2.04 bits per heavy atom. The average molecular weight is 897 g/mol. The van der Waals surface area contributed by atoms with Crippen molar-refractivity contribution in [1.82, 2.24) is 14.5 Å². The average Bonchev–Trinajstić information content (AvgIpc) is 3.89. The molecule has 4 heteroatoms. The number of benzene rings is 9. The maximum atomic E-state index is 5.41. The Morgan fingerprint density at radius 2 is 1.19 bits per heavy atom. The number of hydrogen-bond acceptors (Lipinski definition) is 3. The number of para-hydroxylation sites is 2. The molecule has 0 fully saturated rings. The lowest BCUT2D eigenvalue weighted by Gasteiger charge is -2.40. The van der Waals surface area contributed by atoms with Crippen LogP contribution in [-0.2, 0) is 10.8 Å². The molecule has 4 nitrogen and oxygen atoms in total. The maximum absolute atomic E-state index is 5.41. The van der Waals surface area contributed by atoms with E-state index in [0.717, 1.165) is 39.6 Å².